The van der Waals surface area contributed by atoms with E-state index in [-0.39, 0.29) is 37.1 Å². The van der Waals surface area contributed by atoms with Crippen LogP contribution in [0.25, 0.3) is 21.9 Å². The van der Waals surface area contributed by atoms with Crippen molar-refractivity contribution in [2.24, 2.45) is 0 Å². The molecule has 0 heterocycles. The van der Waals surface area contributed by atoms with E-state index in [0.717, 1.165) is 27.5 Å². The normalized spacial score (nSPS) is 10.8. The van der Waals surface area contributed by atoms with Crippen molar-refractivity contribution in [3.63, 3.8) is 0 Å². The molecule has 4 N–H and O–H groups in total. The number of rotatable bonds is 6. The number of carboxylic acids is 1. The molecule has 0 aliphatic rings. The summed E-state index contributed by atoms with van der Waals surface area (Å²) in [6.45, 7) is 1.86. The van der Waals surface area contributed by atoms with Crippen molar-refractivity contribution < 1.29 is 44.1 Å². The van der Waals surface area contributed by atoms with E-state index in [9.17, 15) is 18.3 Å². The molecular weight excluding hydrogens is 504 g/mol. The zero-order valence-electron chi connectivity index (χ0n) is 20.0. The average Bonchev–Trinajstić information content (AvgIpc) is 2.74. The molecule has 4 aromatic carbocycles. The predicted octanol–water partition coefficient (Wildman–Crippen LogP) is 2.84. The smallest absolute Gasteiger partial charge is 1.00 e. The van der Waals surface area contributed by atoms with E-state index in [1.165, 1.54) is 18.2 Å². The maximum atomic E-state index is 12.8. The zero-order chi connectivity index (χ0) is 23.8. The Kier molecular flexibility index (Phi) is 9.43. The molecule has 10 heteroatoms. The quantitative estimate of drug-likeness (QED) is 0.376. The first-order valence-electron chi connectivity index (χ1n) is 9.96. The maximum Gasteiger partial charge on any atom is 1.00 e. The molecule has 0 aliphatic carbocycles. The van der Waals surface area contributed by atoms with Crippen molar-refractivity contribution in [3.05, 3.63) is 94.0 Å². The van der Waals surface area contributed by atoms with Crippen molar-refractivity contribution >= 4 is 55.7 Å². The van der Waals surface area contributed by atoms with Crippen molar-refractivity contribution in [3.8, 4) is 11.1 Å². The van der Waals surface area contributed by atoms with Crippen LogP contribution in [0, 0.1) is 6.92 Å². The third-order valence-electron chi connectivity index (χ3n) is 5.34. The minimum absolute atomic E-state index is 0. The number of anilines is 1. The molecule has 4 aromatic rings. The van der Waals surface area contributed by atoms with Gasteiger partial charge in [0.05, 0.1) is 17.0 Å². The maximum absolute atomic E-state index is 12.8. The van der Waals surface area contributed by atoms with Gasteiger partial charge in [0.15, 0.2) is 0 Å². The van der Waals surface area contributed by atoms with Gasteiger partial charge in [-0.05, 0) is 82.4 Å². The molecule has 0 aliphatic heterocycles. The van der Waals surface area contributed by atoms with Crippen LogP contribution >= 0.6 is 23.2 Å². The summed E-state index contributed by atoms with van der Waals surface area (Å²) in [6.07, 6.45) is -0.118. The third kappa shape index (κ3) is 6.39. The fourth-order valence-corrected chi connectivity index (χ4v) is 5.23. The van der Waals surface area contributed by atoms with Gasteiger partial charge in [-0.3, -0.25) is 9.52 Å². The summed E-state index contributed by atoms with van der Waals surface area (Å²) in [5, 5.41) is 12.0. The van der Waals surface area contributed by atoms with Crippen molar-refractivity contribution in [2.45, 2.75) is 18.2 Å². The fourth-order valence-electron chi connectivity index (χ4n) is 3.81. The standard InChI is InChI=1S/C25H19Cl2NO4S.Li.H2O.H/c1-15-18(12-24(29)30)11-17-5-8-20(27)14-23(17)25(15)16-6-9-22(10-7-16)33(31,32)28-21-4-2-3-19(26)13-21;;;/h2-11,13-14,28H,12H2,1H3,(H,29,30);;1H2;/q;+1;;-1. The van der Waals surface area contributed by atoms with Crippen LogP contribution in [0.5, 0.6) is 0 Å². The summed E-state index contributed by atoms with van der Waals surface area (Å²) in [5.41, 5.74) is 3.43. The molecule has 0 saturated heterocycles. The van der Waals surface area contributed by atoms with Gasteiger partial charge in [-0.1, -0.05) is 53.5 Å². The molecule has 0 atom stereocenters. The molecule has 0 amide bonds. The van der Waals surface area contributed by atoms with Gasteiger partial charge in [0.2, 0.25) is 0 Å². The number of carboxylic acid groups (broad SMARTS) is 1. The van der Waals surface area contributed by atoms with Crippen molar-refractivity contribution in [1.82, 2.24) is 0 Å². The number of nitrogens with one attached hydrogen (secondary N) is 1. The second kappa shape index (κ2) is 11.5. The van der Waals surface area contributed by atoms with Crippen molar-refractivity contribution in [2.75, 3.05) is 4.72 Å². The van der Waals surface area contributed by atoms with E-state index < -0.39 is 16.0 Å². The van der Waals surface area contributed by atoms with Gasteiger partial charge in [-0.15, -0.1) is 0 Å². The molecule has 6 nitrogen and oxygen atoms in total. The molecule has 0 aromatic heterocycles. The Morgan fingerprint density at radius 2 is 1.63 bits per heavy atom. The first-order chi connectivity index (χ1) is 15.6. The average molecular weight is 526 g/mol. The number of carbonyl (C=O) groups is 1. The number of hydrogen-bond donors (Lipinski definition) is 2. The van der Waals surface area contributed by atoms with Crippen LogP contribution in [0.2, 0.25) is 10.0 Å². The summed E-state index contributed by atoms with van der Waals surface area (Å²) >= 11 is 12.2. The van der Waals surface area contributed by atoms with Gasteiger partial charge in [0.25, 0.3) is 10.0 Å². The van der Waals surface area contributed by atoms with Crippen LogP contribution < -0.4 is 23.6 Å². The Morgan fingerprint density at radius 1 is 0.971 bits per heavy atom. The Hall–Kier alpha value is -2.50. The number of halogens is 2. The minimum Gasteiger partial charge on any atom is -1.00 e. The van der Waals surface area contributed by atoms with Gasteiger partial charge in [-0.2, -0.15) is 0 Å². The Morgan fingerprint density at radius 3 is 2.26 bits per heavy atom. The van der Waals surface area contributed by atoms with Gasteiger partial charge in [0, 0.05) is 10.0 Å². The molecule has 0 unspecified atom stereocenters. The SMILES string of the molecule is Cc1c(CC(=O)O)cc2ccc(Cl)cc2c1-c1ccc(S(=O)(=O)Nc2cccc(Cl)c2)cc1.O.[H-].[Li+]. The van der Waals surface area contributed by atoms with Crippen LogP contribution in [0.1, 0.15) is 12.6 Å². The molecule has 0 bridgehead atoms. The number of benzene rings is 4. The zero-order valence-corrected chi connectivity index (χ0v) is 21.3. The molecule has 0 spiro atoms. The second-order valence-electron chi connectivity index (χ2n) is 7.61. The first kappa shape index (κ1) is 28.7. The van der Waals surface area contributed by atoms with E-state index in [2.05, 4.69) is 4.72 Å². The van der Waals surface area contributed by atoms with Gasteiger partial charge < -0.3 is 12.0 Å². The molecule has 0 radical (unpaired) electrons. The van der Waals surface area contributed by atoms with Crippen LogP contribution in [0.15, 0.2) is 77.7 Å². The Labute approximate surface area is 226 Å². The molecule has 0 fully saturated rings. The number of hydrogen-bond acceptors (Lipinski definition) is 3. The monoisotopic (exact) mass is 525 g/mol. The fraction of sp³-hybridized carbons (Fsp3) is 0.0800. The Balaban J connectivity index is 0.00000216. The van der Waals surface area contributed by atoms with E-state index in [1.54, 1.807) is 36.4 Å². The van der Waals surface area contributed by atoms with Crippen LogP contribution in [0.4, 0.5) is 5.69 Å². The molecular formula is C25H22Cl2LiNO5S. The largest absolute Gasteiger partial charge is 1.00 e. The number of aliphatic carboxylic acids is 1. The topological polar surface area (TPSA) is 115 Å². The Bertz CT molecular complexity index is 1500. The number of fused-ring (bicyclic) bond motifs is 1. The minimum atomic E-state index is -3.82. The van der Waals surface area contributed by atoms with Gasteiger partial charge in [-0.25, -0.2) is 8.42 Å². The summed E-state index contributed by atoms with van der Waals surface area (Å²) < 4.78 is 28.2. The van der Waals surface area contributed by atoms with Gasteiger partial charge >= 0.3 is 24.8 Å². The molecule has 0 saturated carbocycles. The summed E-state index contributed by atoms with van der Waals surface area (Å²) in [7, 11) is -3.82. The van der Waals surface area contributed by atoms with Crippen LogP contribution in [-0.4, -0.2) is 25.0 Å². The van der Waals surface area contributed by atoms with Crippen LogP contribution in [-0.2, 0) is 21.2 Å². The van der Waals surface area contributed by atoms with E-state index in [0.29, 0.717) is 21.3 Å². The van der Waals surface area contributed by atoms with Gasteiger partial charge in [0.1, 0.15) is 0 Å². The molecule has 35 heavy (non-hydrogen) atoms. The third-order valence-corrected chi connectivity index (χ3v) is 7.21. The summed E-state index contributed by atoms with van der Waals surface area (Å²) in [6, 6.07) is 20.2. The van der Waals surface area contributed by atoms with E-state index >= 15 is 0 Å². The summed E-state index contributed by atoms with van der Waals surface area (Å²) in [4.78, 5) is 11.5. The van der Waals surface area contributed by atoms with Crippen molar-refractivity contribution in [1.29, 1.82) is 0 Å². The predicted molar refractivity (Wildman–Crippen MR) is 137 cm³/mol. The van der Waals surface area contributed by atoms with Crippen LogP contribution in [0.3, 0.4) is 0 Å². The van der Waals surface area contributed by atoms with E-state index in [1.807, 2.05) is 25.1 Å². The van der Waals surface area contributed by atoms with E-state index in [4.69, 9.17) is 23.2 Å². The first-order valence-corrected chi connectivity index (χ1v) is 12.2. The molecule has 4 rings (SSSR count). The second-order valence-corrected chi connectivity index (χ2v) is 10.2. The molecule has 178 valence electrons. The number of sulfonamides is 1. The summed E-state index contributed by atoms with van der Waals surface area (Å²) in [5.74, 6) is -0.925.